The number of ether oxygens (including phenoxy) is 1. The molecule has 1 rings (SSSR count). The number of rotatable bonds is 5. The van der Waals surface area contributed by atoms with Gasteiger partial charge < -0.3 is 4.74 Å². The average Bonchev–Trinajstić information content (AvgIpc) is 2.14. The van der Waals surface area contributed by atoms with Gasteiger partial charge in [0.05, 0.1) is 7.11 Å². The van der Waals surface area contributed by atoms with E-state index in [0.29, 0.717) is 30.5 Å². The molecule has 16 heavy (non-hydrogen) atoms. The van der Waals surface area contributed by atoms with E-state index in [2.05, 4.69) is 28.1 Å². The molecule has 0 N–H and O–H groups in total. The molecule has 1 heterocycles. The van der Waals surface area contributed by atoms with Crippen molar-refractivity contribution in [1.29, 1.82) is 0 Å². The first kappa shape index (κ1) is 12.4. The van der Waals surface area contributed by atoms with Crippen molar-refractivity contribution in [3.63, 3.8) is 0 Å². The summed E-state index contributed by atoms with van der Waals surface area (Å²) in [5.74, 6) is 1.38. The van der Waals surface area contributed by atoms with Crippen LogP contribution in [0.2, 0.25) is 0 Å². The first-order chi connectivity index (χ1) is 7.51. The van der Waals surface area contributed by atoms with E-state index in [1.54, 1.807) is 7.11 Å². The van der Waals surface area contributed by atoms with Crippen LogP contribution in [-0.4, -0.2) is 22.1 Å². The van der Waals surface area contributed by atoms with Gasteiger partial charge in [0.2, 0.25) is 0 Å². The van der Waals surface area contributed by atoms with Crippen LogP contribution in [0.25, 0.3) is 0 Å². The van der Waals surface area contributed by atoms with Gasteiger partial charge in [-0.2, -0.15) is 9.97 Å². The number of methoxy groups -OCH3 is 1. The molecule has 0 aliphatic rings. The molecule has 0 aromatic carbocycles. The van der Waals surface area contributed by atoms with Crippen LogP contribution in [0.4, 0.5) is 0 Å². The summed E-state index contributed by atoms with van der Waals surface area (Å²) >= 11 is 0. The highest BCUT2D eigenvalue weighted by atomic mass is 16.5. The molecule has 1 aromatic heterocycles. The Morgan fingerprint density at radius 3 is 1.75 bits per heavy atom. The minimum atomic E-state index is 0.350. The second-order valence-electron chi connectivity index (χ2n) is 3.92. The van der Waals surface area contributed by atoms with Crippen molar-refractivity contribution >= 4 is 0 Å². The van der Waals surface area contributed by atoms with E-state index >= 15 is 0 Å². The summed E-state index contributed by atoms with van der Waals surface area (Å²) < 4.78 is 5.04. The van der Waals surface area contributed by atoms with Crippen LogP contribution in [-0.2, 0) is 12.8 Å². The smallest absolute Gasteiger partial charge is 0.319 e. The molecule has 0 atom stereocenters. The lowest BCUT2D eigenvalue weighted by Gasteiger charge is -2.05. The number of aromatic nitrogens is 3. The Hall–Kier alpha value is -1.71. The molecule has 0 unspecified atom stereocenters. The normalized spacial score (nSPS) is 9.94. The Balaban J connectivity index is 3.00. The summed E-state index contributed by atoms with van der Waals surface area (Å²) in [4.78, 5) is 12.7. The molecule has 4 nitrogen and oxygen atoms in total. The number of nitrogens with zero attached hydrogens (tertiary/aromatic N) is 3. The van der Waals surface area contributed by atoms with E-state index in [1.807, 2.05) is 13.8 Å². The molecule has 0 fully saturated rings. The Morgan fingerprint density at radius 1 is 1.00 bits per heavy atom. The number of hydrogen-bond donors (Lipinski definition) is 0. The minimum Gasteiger partial charge on any atom is -0.467 e. The molecule has 4 heteroatoms. The highest BCUT2D eigenvalue weighted by molar-refractivity contribution is 5.10. The van der Waals surface area contributed by atoms with Gasteiger partial charge in [-0.05, 0) is 13.8 Å². The molecule has 0 bridgehead atoms. The summed E-state index contributed by atoms with van der Waals surface area (Å²) in [6, 6.07) is 0.350. The van der Waals surface area contributed by atoms with E-state index < -0.39 is 0 Å². The van der Waals surface area contributed by atoms with E-state index in [9.17, 15) is 0 Å². The maximum absolute atomic E-state index is 5.04. The summed E-state index contributed by atoms with van der Waals surface area (Å²) in [5, 5.41) is 0. The lowest BCUT2D eigenvalue weighted by atomic mass is 10.2. The predicted molar refractivity (Wildman–Crippen MR) is 63.4 cm³/mol. The Labute approximate surface area is 96.1 Å². The van der Waals surface area contributed by atoms with Crippen LogP contribution in [0, 0.1) is 0 Å². The Bertz CT molecular complexity index is 378. The van der Waals surface area contributed by atoms with Gasteiger partial charge in [0, 0.05) is 12.8 Å². The van der Waals surface area contributed by atoms with Crippen molar-refractivity contribution in [2.45, 2.75) is 26.7 Å². The Morgan fingerprint density at radius 2 is 1.44 bits per heavy atom. The van der Waals surface area contributed by atoms with Crippen molar-refractivity contribution < 1.29 is 4.74 Å². The fraction of sp³-hybridized carbons (Fsp3) is 0.417. The monoisotopic (exact) mass is 219 g/mol. The maximum atomic E-state index is 5.04. The third kappa shape index (κ3) is 3.81. The van der Waals surface area contributed by atoms with Crippen molar-refractivity contribution in [1.82, 2.24) is 15.0 Å². The summed E-state index contributed by atoms with van der Waals surface area (Å²) in [6.45, 7) is 11.6. The summed E-state index contributed by atoms with van der Waals surface area (Å²) in [6.07, 6.45) is 1.28. The van der Waals surface area contributed by atoms with Crippen molar-refractivity contribution in [2.24, 2.45) is 0 Å². The van der Waals surface area contributed by atoms with Crippen LogP contribution in [0.15, 0.2) is 24.3 Å². The number of allylic oxidation sites excluding steroid dienone is 2. The van der Waals surface area contributed by atoms with E-state index in [1.165, 1.54) is 0 Å². The first-order valence-corrected chi connectivity index (χ1v) is 5.08. The molecular weight excluding hydrogens is 202 g/mol. The van der Waals surface area contributed by atoms with Crippen molar-refractivity contribution in [2.75, 3.05) is 7.11 Å². The lowest BCUT2D eigenvalue weighted by Crippen LogP contribution is -2.06. The van der Waals surface area contributed by atoms with Crippen LogP contribution >= 0.6 is 0 Å². The molecule has 86 valence electrons. The zero-order valence-corrected chi connectivity index (χ0v) is 10.1. The molecule has 0 radical (unpaired) electrons. The average molecular weight is 219 g/mol. The predicted octanol–water partition coefficient (Wildman–Crippen LogP) is 2.12. The second kappa shape index (κ2) is 5.39. The molecule has 0 aliphatic heterocycles. The quantitative estimate of drug-likeness (QED) is 0.712. The third-order valence-electron chi connectivity index (χ3n) is 1.81. The number of hydrogen-bond acceptors (Lipinski definition) is 4. The van der Waals surface area contributed by atoms with Gasteiger partial charge in [0.25, 0.3) is 0 Å². The maximum Gasteiger partial charge on any atom is 0.319 e. The van der Waals surface area contributed by atoms with Crippen LogP contribution in [0.3, 0.4) is 0 Å². The zero-order valence-electron chi connectivity index (χ0n) is 10.1. The molecule has 0 spiro atoms. The topological polar surface area (TPSA) is 47.9 Å². The fourth-order valence-electron chi connectivity index (χ4n) is 1.23. The van der Waals surface area contributed by atoms with Gasteiger partial charge in [-0.1, -0.05) is 24.3 Å². The van der Waals surface area contributed by atoms with E-state index in [0.717, 1.165) is 11.1 Å². The van der Waals surface area contributed by atoms with Crippen LogP contribution < -0.4 is 4.74 Å². The highest BCUT2D eigenvalue weighted by Gasteiger charge is 2.07. The molecule has 0 saturated heterocycles. The SMILES string of the molecule is C=C(C)Cc1nc(CC(=C)C)nc(OC)n1. The minimum absolute atomic E-state index is 0.350. The van der Waals surface area contributed by atoms with Gasteiger partial charge in [-0.15, -0.1) is 0 Å². The summed E-state index contributed by atoms with van der Waals surface area (Å²) in [5.41, 5.74) is 2.02. The molecule has 0 aliphatic carbocycles. The van der Waals surface area contributed by atoms with E-state index in [-0.39, 0.29) is 0 Å². The zero-order chi connectivity index (χ0) is 12.1. The van der Waals surface area contributed by atoms with Crippen LogP contribution in [0.5, 0.6) is 6.01 Å². The second-order valence-corrected chi connectivity index (χ2v) is 3.92. The van der Waals surface area contributed by atoms with E-state index in [4.69, 9.17) is 4.74 Å². The Kier molecular flexibility index (Phi) is 4.17. The van der Waals surface area contributed by atoms with Gasteiger partial charge in [-0.3, -0.25) is 0 Å². The largest absolute Gasteiger partial charge is 0.467 e. The fourth-order valence-corrected chi connectivity index (χ4v) is 1.23. The van der Waals surface area contributed by atoms with Gasteiger partial charge in [-0.25, -0.2) is 4.98 Å². The molecule has 0 amide bonds. The van der Waals surface area contributed by atoms with Gasteiger partial charge in [0.15, 0.2) is 0 Å². The van der Waals surface area contributed by atoms with Crippen molar-refractivity contribution in [3.05, 3.63) is 36.0 Å². The summed E-state index contributed by atoms with van der Waals surface area (Å²) in [7, 11) is 1.55. The molecule has 1 aromatic rings. The highest BCUT2D eigenvalue weighted by Crippen LogP contribution is 2.09. The van der Waals surface area contributed by atoms with Gasteiger partial charge >= 0.3 is 6.01 Å². The standard InChI is InChI=1S/C12H17N3O/c1-8(2)6-10-13-11(7-9(3)4)15-12(14-10)16-5/h1,3,6-7H2,2,4-5H3. The lowest BCUT2D eigenvalue weighted by molar-refractivity contribution is 0.373. The van der Waals surface area contributed by atoms with Crippen molar-refractivity contribution in [3.8, 4) is 6.01 Å². The van der Waals surface area contributed by atoms with Gasteiger partial charge in [0.1, 0.15) is 11.6 Å². The van der Waals surface area contributed by atoms with Crippen LogP contribution in [0.1, 0.15) is 25.5 Å². The molecular formula is C12H17N3O. The first-order valence-electron chi connectivity index (χ1n) is 5.08. The molecule has 0 saturated carbocycles. The third-order valence-corrected chi connectivity index (χ3v) is 1.81.